The molecular weight excluding hydrogens is 328 g/mol. The third kappa shape index (κ3) is 6.21. The van der Waals surface area contributed by atoms with Gasteiger partial charge in [0.05, 0.1) is 11.2 Å². The summed E-state index contributed by atoms with van der Waals surface area (Å²) in [5.41, 5.74) is -1.79. The number of rotatable bonds is 0. The maximum Gasteiger partial charge on any atom is 1.00 e. The van der Waals surface area contributed by atoms with Crippen molar-refractivity contribution in [2.24, 2.45) is 11.3 Å². The molecule has 94 valence electrons. The van der Waals surface area contributed by atoms with Crippen LogP contribution in [-0.2, 0) is 0 Å². The van der Waals surface area contributed by atoms with Crippen LogP contribution in [0.1, 0.15) is 40.0 Å². The molecule has 3 rings (SSSR count). The van der Waals surface area contributed by atoms with E-state index in [1.165, 1.54) is 0 Å². The summed E-state index contributed by atoms with van der Waals surface area (Å²) >= 11 is 0. The van der Waals surface area contributed by atoms with Crippen molar-refractivity contribution in [1.29, 1.82) is 0 Å². The predicted molar refractivity (Wildman–Crippen MR) is 52.4 cm³/mol. The van der Waals surface area contributed by atoms with E-state index in [1.54, 1.807) is 6.92 Å². The first-order valence-corrected chi connectivity index (χ1v) is 5.47. The Morgan fingerprint density at radius 1 is 1.00 bits per heavy atom. The largest absolute Gasteiger partial charge is 1.00 e. The summed E-state index contributed by atoms with van der Waals surface area (Å²) < 4.78 is 0. The molecule has 0 aliphatic heterocycles. The van der Waals surface area contributed by atoms with Crippen LogP contribution in [0, 0.1) is 11.3 Å². The molecule has 19 heavy (non-hydrogen) atoms. The molecule has 3 aliphatic carbocycles. The normalized spacial score (nSPS) is 36.9. The van der Waals surface area contributed by atoms with Gasteiger partial charge >= 0.3 is 154 Å². The Hall–Kier alpha value is 4.77. The van der Waals surface area contributed by atoms with Crippen LogP contribution >= 0.6 is 0 Å². The van der Waals surface area contributed by atoms with Crippen LogP contribution in [-0.4, -0.2) is 28.7 Å². The van der Waals surface area contributed by atoms with E-state index < -0.39 is 18.5 Å². The first-order chi connectivity index (χ1) is 7.04. The van der Waals surface area contributed by atoms with Gasteiger partial charge in [-0.3, -0.25) is 7.32 Å². The Balaban J connectivity index is -0.000000329. The van der Waals surface area contributed by atoms with E-state index in [0.717, 1.165) is 19.3 Å². The maximum absolute atomic E-state index is 10.2. The van der Waals surface area contributed by atoms with Crippen LogP contribution in [0.3, 0.4) is 0 Å². The van der Waals surface area contributed by atoms with Gasteiger partial charge in [0.25, 0.3) is 0 Å². The molecule has 3 aliphatic rings. The Labute approximate surface area is 243 Å². The summed E-state index contributed by atoms with van der Waals surface area (Å²) in [7, 11) is -2.92. The molecule has 3 fully saturated rings. The number of fused-ring (bicyclic) bond motifs is 2. The van der Waals surface area contributed by atoms with Gasteiger partial charge in [0.2, 0.25) is 0 Å². The molecule has 0 aromatic heterocycles. The van der Waals surface area contributed by atoms with Crippen molar-refractivity contribution in [3.63, 3.8) is 0 Å². The van der Waals surface area contributed by atoms with Crippen molar-refractivity contribution >= 4 is 7.32 Å². The maximum atomic E-state index is 10.2. The van der Waals surface area contributed by atoms with Gasteiger partial charge in [0.1, 0.15) is 0 Å². The second-order valence-corrected chi connectivity index (χ2v) is 5.58. The van der Waals surface area contributed by atoms with E-state index in [1.807, 2.05) is 0 Å². The first-order valence-electron chi connectivity index (χ1n) is 5.47. The van der Waals surface area contributed by atoms with Gasteiger partial charge < -0.3 is 25.3 Å². The summed E-state index contributed by atoms with van der Waals surface area (Å²) in [5, 5.41) is 45.5. The molecule has 0 heterocycles. The second-order valence-electron chi connectivity index (χ2n) is 5.58. The molecule has 2 bridgehead atoms. The fourth-order valence-corrected chi connectivity index (χ4v) is 3.12. The molecule has 0 spiro atoms. The molecule has 9 heteroatoms. The van der Waals surface area contributed by atoms with Gasteiger partial charge in [-0.05, 0) is 37.5 Å². The van der Waals surface area contributed by atoms with Crippen LogP contribution < -0.4 is 169 Å². The van der Waals surface area contributed by atoms with Crippen molar-refractivity contribution < 1.29 is 179 Å². The molecule has 0 amide bonds. The molecule has 0 aromatic carbocycles. The monoisotopic (exact) mass is 346 g/mol. The van der Waals surface area contributed by atoms with Gasteiger partial charge in [-0.15, -0.1) is 0 Å². The van der Waals surface area contributed by atoms with E-state index in [4.69, 9.17) is 15.1 Å². The topological polar surface area (TPSA) is 110 Å². The second kappa shape index (κ2) is 10.7. The summed E-state index contributed by atoms with van der Waals surface area (Å²) in [6, 6.07) is 0. The Morgan fingerprint density at radius 2 is 1.37 bits per heavy atom. The van der Waals surface area contributed by atoms with Crippen molar-refractivity contribution in [1.82, 2.24) is 0 Å². The number of hydrogen-bond donors (Lipinski definition) is 2. The zero-order valence-electron chi connectivity index (χ0n) is 12.9. The van der Waals surface area contributed by atoms with E-state index >= 15 is 0 Å². The van der Waals surface area contributed by atoms with Crippen LogP contribution in [0.4, 0.5) is 0 Å². The Morgan fingerprint density at radius 3 is 1.58 bits per heavy atom. The quantitative estimate of drug-likeness (QED) is 0.423. The molecule has 3 saturated carbocycles. The van der Waals surface area contributed by atoms with E-state index in [9.17, 15) is 10.2 Å². The third-order valence-electron chi connectivity index (χ3n) is 4.50. The molecule has 0 aromatic rings. The summed E-state index contributed by atoms with van der Waals surface area (Å²) in [4.78, 5) is 0. The predicted octanol–water partition coefficient (Wildman–Crippen LogP) is -11.6. The van der Waals surface area contributed by atoms with Crippen LogP contribution in [0.15, 0.2) is 0 Å². The average Bonchev–Trinajstić information content (AvgIpc) is 2.08. The zero-order chi connectivity index (χ0) is 12.8. The number of hydrogen-bond acceptors (Lipinski definition) is 5. The molecule has 0 saturated heterocycles. The van der Waals surface area contributed by atoms with Gasteiger partial charge in [-0.2, -0.15) is 0 Å². The number of aliphatic hydroxyl groups is 2. The minimum atomic E-state index is -2.92. The van der Waals surface area contributed by atoms with Crippen LogP contribution in [0.25, 0.3) is 0 Å². The van der Waals surface area contributed by atoms with Crippen LogP contribution in [0.5, 0.6) is 0 Å². The fraction of sp³-hybridized carbons (Fsp3) is 1.00. The summed E-state index contributed by atoms with van der Waals surface area (Å²) in [6.07, 6.45) is 2.59. The molecule has 2 N–H and O–H groups in total. The van der Waals surface area contributed by atoms with E-state index in [2.05, 4.69) is 13.8 Å². The minimum absolute atomic E-state index is 0. The third-order valence-corrected chi connectivity index (χ3v) is 4.50. The Kier molecular flexibility index (Phi) is 16.1. The van der Waals surface area contributed by atoms with Gasteiger partial charge in [-0.25, -0.2) is 0 Å². The zero-order valence-corrected chi connectivity index (χ0v) is 22.3. The van der Waals surface area contributed by atoms with Crippen molar-refractivity contribution in [2.45, 2.75) is 51.2 Å². The van der Waals surface area contributed by atoms with Crippen molar-refractivity contribution in [3.8, 4) is 0 Å². The van der Waals surface area contributed by atoms with Gasteiger partial charge in [0, 0.05) is 0 Å². The smallest absolute Gasteiger partial charge is 0.907 e. The van der Waals surface area contributed by atoms with E-state index in [-0.39, 0.29) is 160 Å². The molecule has 5 nitrogen and oxygen atoms in total. The SMILES string of the molecule is CC1(O)CCC2CC1(O)C2(C)C.[K+].[K+].[K+].[O-]B([O-])[O-]. The van der Waals surface area contributed by atoms with Crippen molar-refractivity contribution in [3.05, 3.63) is 0 Å². The van der Waals surface area contributed by atoms with Gasteiger partial charge in [0.15, 0.2) is 0 Å². The average molecular weight is 346 g/mol. The van der Waals surface area contributed by atoms with Crippen molar-refractivity contribution in [2.75, 3.05) is 0 Å². The summed E-state index contributed by atoms with van der Waals surface area (Å²) in [5.74, 6) is 0.614. The first kappa shape index (κ1) is 28.6. The molecule has 3 atom stereocenters. The van der Waals surface area contributed by atoms with Gasteiger partial charge in [-0.1, -0.05) is 13.8 Å². The molecule has 0 radical (unpaired) electrons. The molecular formula is C10H18BK3O5. The molecule has 3 unspecified atom stereocenters. The standard InChI is InChI=1S/C10H18O2.BO3.3K/c1-8(2)7-4-5-9(3,11)10(8,12)6-7;2-1(3)4;;;/h7,11-12H,4-6H2,1-3H3;;;;/q;-3;3*+1. The fourth-order valence-electron chi connectivity index (χ4n) is 3.12. The Bertz CT molecular complexity index is 265. The minimum Gasteiger partial charge on any atom is -0.907 e. The van der Waals surface area contributed by atoms with Crippen LogP contribution in [0.2, 0.25) is 0 Å². The summed E-state index contributed by atoms with van der Waals surface area (Å²) in [6.45, 7) is 5.90. The van der Waals surface area contributed by atoms with E-state index in [0.29, 0.717) is 5.92 Å².